The Bertz CT molecular complexity index is 1410. The molecule has 2 heteroatoms. The number of nitrogens with one attached hydrogen (secondary N) is 1. The van der Waals surface area contributed by atoms with Crippen LogP contribution in [0.15, 0.2) is 85.1 Å². The highest BCUT2D eigenvalue weighted by molar-refractivity contribution is 5.83. The molecule has 0 bridgehead atoms. The molecule has 3 aromatic carbocycles. The van der Waals surface area contributed by atoms with Crippen LogP contribution in [-0.4, -0.2) is 10.1 Å². The first kappa shape index (κ1) is 59.3. The van der Waals surface area contributed by atoms with Crippen LogP contribution in [0.25, 0.3) is 10.9 Å². The van der Waals surface area contributed by atoms with Gasteiger partial charge in [-0.1, -0.05) is 212 Å². The van der Waals surface area contributed by atoms with Crippen molar-refractivity contribution in [2.45, 2.75) is 178 Å². The summed E-state index contributed by atoms with van der Waals surface area (Å²) in [5, 5.41) is 10.4. The number of hydrogen-bond donors (Lipinski definition) is 2. The molecule has 2 N–H and O–H groups in total. The van der Waals surface area contributed by atoms with Crippen molar-refractivity contribution >= 4 is 10.9 Å². The fraction of sp³-hybridized carbons (Fsp3) is 0.643. The van der Waals surface area contributed by atoms with Gasteiger partial charge in [0.1, 0.15) is 5.75 Å². The third-order valence-corrected chi connectivity index (χ3v) is 9.43. The lowest BCUT2D eigenvalue weighted by atomic mass is 9.96. The van der Waals surface area contributed by atoms with Gasteiger partial charge in [-0.15, -0.1) is 0 Å². The zero-order valence-electron chi connectivity index (χ0n) is 42.3. The summed E-state index contributed by atoms with van der Waals surface area (Å²) in [6.07, 6.45) is 8.24. The molecule has 0 aliphatic carbocycles. The molecule has 1 atom stereocenters. The maximum Gasteiger partial charge on any atom is 0.115 e. The van der Waals surface area contributed by atoms with Crippen LogP contribution in [0.2, 0.25) is 0 Å². The Morgan fingerprint density at radius 1 is 0.448 bits per heavy atom. The number of benzene rings is 3. The van der Waals surface area contributed by atoms with Gasteiger partial charge in [-0.2, -0.15) is 0 Å². The van der Waals surface area contributed by atoms with E-state index in [1.807, 2.05) is 12.1 Å². The Labute approximate surface area is 363 Å². The molecule has 0 spiro atoms. The molecular weight excluding hydrogens is 703 g/mol. The number of aromatic amines is 1. The second kappa shape index (κ2) is 35.9. The number of para-hydroxylation sites is 1. The van der Waals surface area contributed by atoms with Crippen molar-refractivity contribution in [2.24, 2.45) is 59.2 Å². The number of H-pyrrole nitrogens is 1. The number of phenols is 1. The van der Waals surface area contributed by atoms with E-state index in [0.717, 1.165) is 66.1 Å². The minimum absolute atomic E-state index is 0.345. The standard InChI is InChI=1S/C12H15N.C10H14O.C10H14.2C7H16.C6H14.C4H10/c1-9(2)7-10-8-13-12-6-4-3-5-11(10)12;1-8(2)7-9-3-5-10(11)6-4-9;1-9(2)8-10-6-4-3-5-7-10;1-6(2)5-7(3)4;1-5-7(4)6(2)3;1-5(2)6(3)4;1-4(2)3/h3-6,8-9,13H,7H2,1-2H3;3-6,8,11H,7H2,1-2H3;3-7,9H,8H2,1-2H3;2*6-7H,5H2,1-4H3;5-6H,1-4H3;4H,1-3H3. The predicted octanol–water partition coefficient (Wildman–Crippen LogP) is 18.2. The van der Waals surface area contributed by atoms with E-state index in [0.29, 0.717) is 11.7 Å². The maximum atomic E-state index is 8.99. The Hall–Kier alpha value is -3.00. The van der Waals surface area contributed by atoms with Crippen LogP contribution < -0.4 is 0 Å². The summed E-state index contributed by atoms with van der Waals surface area (Å²) < 4.78 is 0. The smallest absolute Gasteiger partial charge is 0.115 e. The lowest BCUT2D eigenvalue weighted by Crippen LogP contribution is -2.00. The number of hydrogen-bond acceptors (Lipinski definition) is 1. The highest BCUT2D eigenvalue weighted by atomic mass is 16.3. The van der Waals surface area contributed by atoms with Gasteiger partial charge in [0.25, 0.3) is 0 Å². The molecule has 0 fully saturated rings. The zero-order chi connectivity index (χ0) is 45.4. The molecule has 0 amide bonds. The second-order valence-electron chi connectivity index (χ2n) is 20.2. The number of fused-ring (bicyclic) bond motifs is 1. The molecule has 0 aliphatic heterocycles. The van der Waals surface area contributed by atoms with Gasteiger partial charge in [-0.05, 0) is 120 Å². The summed E-state index contributed by atoms with van der Waals surface area (Å²) >= 11 is 0. The number of aromatic nitrogens is 1. The van der Waals surface area contributed by atoms with E-state index >= 15 is 0 Å². The van der Waals surface area contributed by atoms with Crippen molar-refractivity contribution in [3.8, 4) is 5.75 Å². The van der Waals surface area contributed by atoms with Crippen molar-refractivity contribution in [3.05, 3.63) is 102 Å². The Balaban J connectivity index is -0.000000627. The molecule has 2 nitrogen and oxygen atoms in total. The SMILES string of the molecule is CC(C)C.CC(C)C(C)C.CC(C)CC(C)C.CC(C)Cc1c[nH]c2ccccc12.CC(C)Cc1ccc(O)cc1.CC(C)Cc1ccccc1.CCC(C)C(C)C. The minimum Gasteiger partial charge on any atom is -0.508 e. The minimum atomic E-state index is 0.345. The topological polar surface area (TPSA) is 36.0 Å². The van der Waals surface area contributed by atoms with Crippen LogP contribution in [-0.2, 0) is 19.3 Å². The highest BCUT2D eigenvalue weighted by Gasteiger charge is 2.04. The first-order valence-corrected chi connectivity index (χ1v) is 23.3. The van der Waals surface area contributed by atoms with Crippen molar-refractivity contribution in [1.29, 1.82) is 0 Å². The molecule has 1 aromatic heterocycles. The molecule has 1 heterocycles. The third kappa shape index (κ3) is 38.5. The highest BCUT2D eigenvalue weighted by Crippen LogP contribution is 2.20. The fourth-order valence-electron chi connectivity index (χ4n) is 5.34. The summed E-state index contributed by atoms with van der Waals surface area (Å²) in [4.78, 5) is 3.29. The van der Waals surface area contributed by atoms with Gasteiger partial charge in [-0.25, -0.2) is 0 Å². The summed E-state index contributed by atoms with van der Waals surface area (Å²) in [7, 11) is 0. The predicted molar refractivity (Wildman–Crippen MR) is 267 cm³/mol. The van der Waals surface area contributed by atoms with E-state index in [9.17, 15) is 0 Å². The fourth-order valence-corrected chi connectivity index (χ4v) is 5.34. The third-order valence-electron chi connectivity index (χ3n) is 9.43. The monoisotopic (exact) mass is 802 g/mol. The lowest BCUT2D eigenvalue weighted by Gasteiger charge is -2.10. The van der Waals surface area contributed by atoms with Gasteiger partial charge >= 0.3 is 0 Å². The maximum absolute atomic E-state index is 8.99. The van der Waals surface area contributed by atoms with Gasteiger partial charge < -0.3 is 10.1 Å². The van der Waals surface area contributed by atoms with E-state index in [4.69, 9.17) is 5.11 Å². The molecule has 334 valence electrons. The molecule has 0 saturated carbocycles. The van der Waals surface area contributed by atoms with Crippen molar-refractivity contribution < 1.29 is 5.11 Å². The quantitative estimate of drug-likeness (QED) is 0.156. The molecule has 4 aromatic rings. The van der Waals surface area contributed by atoms with Gasteiger partial charge in [0.15, 0.2) is 0 Å². The van der Waals surface area contributed by atoms with Crippen LogP contribution in [0, 0.1) is 59.2 Å². The summed E-state index contributed by atoms with van der Waals surface area (Å²) in [5.74, 6) is 8.57. The average molecular weight is 802 g/mol. The van der Waals surface area contributed by atoms with E-state index in [2.05, 4.69) is 211 Å². The largest absolute Gasteiger partial charge is 0.508 e. The Kier molecular flexibility index (Phi) is 36.7. The first-order chi connectivity index (χ1) is 26.9. The van der Waals surface area contributed by atoms with Gasteiger partial charge in [-0.3, -0.25) is 0 Å². The van der Waals surface area contributed by atoms with E-state index in [1.165, 1.54) is 46.9 Å². The summed E-state index contributed by atoms with van der Waals surface area (Å²) in [6, 6.07) is 26.5. The van der Waals surface area contributed by atoms with Crippen molar-refractivity contribution in [2.75, 3.05) is 0 Å². The van der Waals surface area contributed by atoms with Crippen LogP contribution in [0.4, 0.5) is 0 Å². The van der Waals surface area contributed by atoms with E-state index in [-0.39, 0.29) is 0 Å². The normalized spacial score (nSPS) is 11.2. The lowest BCUT2D eigenvalue weighted by molar-refractivity contribution is 0.407. The number of rotatable bonds is 11. The van der Waals surface area contributed by atoms with E-state index in [1.54, 1.807) is 12.1 Å². The molecule has 1 unspecified atom stereocenters. The van der Waals surface area contributed by atoms with Crippen LogP contribution in [0.3, 0.4) is 0 Å². The second-order valence-corrected chi connectivity index (χ2v) is 20.2. The van der Waals surface area contributed by atoms with Crippen molar-refractivity contribution in [3.63, 3.8) is 0 Å². The van der Waals surface area contributed by atoms with E-state index < -0.39 is 0 Å². The summed E-state index contributed by atoms with van der Waals surface area (Å²) in [5.41, 5.74) is 5.42. The molecule has 58 heavy (non-hydrogen) atoms. The van der Waals surface area contributed by atoms with Crippen LogP contribution >= 0.6 is 0 Å². The number of phenolic OH excluding ortho intramolecular Hbond substituents is 1. The molecule has 0 radical (unpaired) electrons. The summed E-state index contributed by atoms with van der Waals surface area (Å²) in [6.45, 7) is 47.0. The number of aromatic hydroxyl groups is 1. The molecule has 0 saturated heterocycles. The molecule has 4 rings (SSSR count). The van der Waals surface area contributed by atoms with Crippen LogP contribution in [0.1, 0.15) is 175 Å². The average Bonchev–Trinajstić information content (AvgIpc) is 3.51. The van der Waals surface area contributed by atoms with Gasteiger partial charge in [0, 0.05) is 17.1 Å². The Morgan fingerprint density at radius 3 is 1.17 bits per heavy atom. The molecular formula is C56H99NO. The van der Waals surface area contributed by atoms with Crippen molar-refractivity contribution in [1.82, 2.24) is 4.98 Å². The Morgan fingerprint density at radius 2 is 0.845 bits per heavy atom. The van der Waals surface area contributed by atoms with Gasteiger partial charge in [0.2, 0.25) is 0 Å². The first-order valence-electron chi connectivity index (χ1n) is 23.3. The molecule has 0 aliphatic rings. The zero-order valence-corrected chi connectivity index (χ0v) is 42.3. The van der Waals surface area contributed by atoms with Crippen LogP contribution in [0.5, 0.6) is 5.75 Å². The van der Waals surface area contributed by atoms with Gasteiger partial charge in [0.05, 0.1) is 0 Å².